The van der Waals surface area contributed by atoms with E-state index >= 15 is 0 Å². The second-order valence-electron chi connectivity index (χ2n) is 8.83. The number of rotatable bonds is 18. The fourth-order valence-electron chi connectivity index (χ4n) is 3.14. The van der Waals surface area contributed by atoms with E-state index in [2.05, 4.69) is 27.9 Å². The number of hydrogen-bond donors (Lipinski definition) is 0. The summed E-state index contributed by atoms with van der Waals surface area (Å²) in [6.07, 6.45) is 20.8. The van der Waals surface area contributed by atoms with Crippen LogP contribution in [0.3, 0.4) is 0 Å². The van der Waals surface area contributed by atoms with Crippen LogP contribution >= 0.6 is 0 Å². The van der Waals surface area contributed by atoms with Gasteiger partial charge in [0.1, 0.15) is 0 Å². The van der Waals surface area contributed by atoms with Crippen LogP contribution in [-0.4, -0.2) is 50.4 Å². The summed E-state index contributed by atoms with van der Waals surface area (Å²) >= 11 is 0. The average molecular weight is 422 g/mol. The van der Waals surface area contributed by atoms with E-state index in [1.807, 2.05) is 0 Å². The average Bonchev–Trinajstić information content (AvgIpc) is 2.61. The summed E-state index contributed by atoms with van der Waals surface area (Å²) in [6.45, 7) is 8.86. The molecular weight excluding hydrogens is 370 g/mol. The van der Waals surface area contributed by atoms with Crippen LogP contribution in [0.5, 0.6) is 0 Å². The highest BCUT2D eigenvalue weighted by molar-refractivity contribution is 7.85. The van der Waals surface area contributed by atoms with Crippen LogP contribution in [0.25, 0.3) is 0 Å². The van der Waals surface area contributed by atoms with Crippen molar-refractivity contribution in [2.45, 2.75) is 117 Å². The van der Waals surface area contributed by atoms with E-state index in [1.54, 1.807) is 6.92 Å². The topological polar surface area (TPSA) is 57.2 Å². The maximum Gasteiger partial charge on any atom is 0.0945 e. The van der Waals surface area contributed by atoms with Crippen molar-refractivity contribution in [1.29, 1.82) is 0 Å². The van der Waals surface area contributed by atoms with Crippen LogP contribution in [-0.2, 0) is 10.1 Å². The quantitative estimate of drug-likeness (QED) is 0.144. The highest BCUT2D eigenvalue weighted by Gasteiger charge is 2.09. The molecule has 0 heterocycles. The molecule has 0 fully saturated rings. The molecule has 5 heteroatoms. The SMILES string of the molecule is CCCCCCCCCCCCCCCC[N+](C)(C)CC.CCCS(=O)(=O)[O-]. The Hall–Kier alpha value is -0.130. The molecule has 0 saturated carbocycles. The first kappa shape index (κ1) is 30.1. The van der Waals surface area contributed by atoms with Gasteiger partial charge in [0, 0.05) is 5.75 Å². The van der Waals surface area contributed by atoms with Gasteiger partial charge in [-0.15, -0.1) is 0 Å². The Labute approximate surface area is 177 Å². The molecule has 4 nitrogen and oxygen atoms in total. The predicted octanol–water partition coefficient (Wildman–Crippen LogP) is 6.51. The first-order chi connectivity index (χ1) is 13.2. The molecule has 0 amide bonds. The van der Waals surface area contributed by atoms with Crippen molar-refractivity contribution in [3.63, 3.8) is 0 Å². The van der Waals surface area contributed by atoms with Crippen molar-refractivity contribution in [2.75, 3.05) is 32.9 Å². The molecule has 28 heavy (non-hydrogen) atoms. The number of hydrogen-bond acceptors (Lipinski definition) is 3. The Morgan fingerprint density at radius 1 is 0.607 bits per heavy atom. The van der Waals surface area contributed by atoms with E-state index in [-0.39, 0.29) is 5.75 Å². The third-order valence-corrected chi connectivity index (χ3v) is 6.34. The van der Waals surface area contributed by atoms with Crippen LogP contribution in [0.1, 0.15) is 117 Å². The van der Waals surface area contributed by atoms with Gasteiger partial charge in [-0.1, -0.05) is 90.9 Å². The molecule has 0 aliphatic heterocycles. The van der Waals surface area contributed by atoms with Crippen molar-refractivity contribution >= 4 is 10.1 Å². The van der Waals surface area contributed by atoms with Gasteiger partial charge < -0.3 is 9.04 Å². The Morgan fingerprint density at radius 3 is 1.21 bits per heavy atom. The van der Waals surface area contributed by atoms with Crippen molar-refractivity contribution in [1.82, 2.24) is 0 Å². The van der Waals surface area contributed by atoms with Crippen LogP contribution in [0.4, 0.5) is 0 Å². The molecule has 0 aromatic rings. The van der Waals surface area contributed by atoms with Crippen molar-refractivity contribution < 1.29 is 17.5 Å². The van der Waals surface area contributed by atoms with Gasteiger partial charge in [0.15, 0.2) is 0 Å². The number of nitrogens with zero attached hydrogens (tertiary/aromatic N) is 1. The van der Waals surface area contributed by atoms with Gasteiger partial charge in [-0.2, -0.15) is 0 Å². The van der Waals surface area contributed by atoms with Gasteiger partial charge in [0.05, 0.1) is 37.3 Å². The molecule has 0 aromatic carbocycles. The minimum Gasteiger partial charge on any atom is -0.748 e. The molecule has 0 aliphatic carbocycles. The molecule has 0 aromatic heterocycles. The summed E-state index contributed by atoms with van der Waals surface area (Å²) in [4.78, 5) is 0. The van der Waals surface area contributed by atoms with Crippen LogP contribution in [0.15, 0.2) is 0 Å². The zero-order chi connectivity index (χ0) is 21.7. The van der Waals surface area contributed by atoms with Gasteiger partial charge >= 0.3 is 0 Å². The lowest BCUT2D eigenvalue weighted by Gasteiger charge is -2.28. The van der Waals surface area contributed by atoms with Crippen molar-refractivity contribution in [2.24, 2.45) is 0 Å². The standard InChI is InChI=1S/C20H44N.C3H8O3S/c1-5-7-8-9-10-11-12-13-14-15-16-17-18-19-20-21(3,4)6-2;1-2-3-7(4,5)6/h5-20H2,1-4H3;2-3H2,1H3,(H,4,5,6)/q+1;/p-1. The van der Waals surface area contributed by atoms with E-state index in [9.17, 15) is 13.0 Å². The highest BCUT2D eigenvalue weighted by Crippen LogP contribution is 2.13. The Bertz CT molecular complexity index is 408. The maximum atomic E-state index is 9.68. The Kier molecular flexibility index (Phi) is 21.6. The smallest absolute Gasteiger partial charge is 0.0945 e. The molecule has 0 N–H and O–H groups in total. The first-order valence-electron chi connectivity index (χ1n) is 11.9. The van der Waals surface area contributed by atoms with Gasteiger partial charge in [-0.05, 0) is 26.2 Å². The molecule has 0 saturated heterocycles. The van der Waals surface area contributed by atoms with Gasteiger partial charge in [-0.3, -0.25) is 0 Å². The molecule has 0 bridgehead atoms. The monoisotopic (exact) mass is 421 g/mol. The molecule has 0 unspecified atom stereocenters. The zero-order valence-corrected chi connectivity index (χ0v) is 20.6. The molecule has 0 radical (unpaired) electrons. The first-order valence-corrected chi connectivity index (χ1v) is 13.5. The van der Waals surface area contributed by atoms with E-state index in [0.29, 0.717) is 6.42 Å². The van der Waals surface area contributed by atoms with Crippen LogP contribution in [0.2, 0.25) is 0 Å². The van der Waals surface area contributed by atoms with E-state index in [1.165, 1.54) is 107 Å². The summed E-state index contributed by atoms with van der Waals surface area (Å²) in [5.41, 5.74) is 0. The summed E-state index contributed by atoms with van der Waals surface area (Å²) < 4.78 is 30.2. The van der Waals surface area contributed by atoms with Crippen molar-refractivity contribution in [3.05, 3.63) is 0 Å². The van der Waals surface area contributed by atoms with E-state index in [4.69, 9.17) is 0 Å². The second kappa shape index (κ2) is 20.2. The third-order valence-electron chi connectivity index (χ3n) is 5.43. The summed E-state index contributed by atoms with van der Waals surface area (Å²) in [6, 6.07) is 0. The summed E-state index contributed by atoms with van der Waals surface area (Å²) in [7, 11) is 0.775. The van der Waals surface area contributed by atoms with Gasteiger partial charge in [-0.25, -0.2) is 8.42 Å². The normalized spacial score (nSPS) is 11.9. The molecular formula is C23H51NO3S. The van der Waals surface area contributed by atoms with Gasteiger partial charge in [0.25, 0.3) is 0 Å². The minimum atomic E-state index is -3.92. The fraction of sp³-hybridized carbons (Fsp3) is 1.00. The Morgan fingerprint density at radius 2 is 0.964 bits per heavy atom. The van der Waals surface area contributed by atoms with Gasteiger partial charge in [0.2, 0.25) is 0 Å². The van der Waals surface area contributed by atoms with E-state index < -0.39 is 10.1 Å². The Balaban J connectivity index is 0. The zero-order valence-electron chi connectivity index (χ0n) is 19.8. The second-order valence-corrected chi connectivity index (χ2v) is 10.4. The van der Waals surface area contributed by atoms with Crippen molar-refractivity contribution in [3.8, 4) is 0 Å². The maximum absolute atomic E-state index is 9.68. The lowest BCUT2D eigenvalue weighted by atomic mass is 10.0. The predicted molar refractivity (Wildman–Crippen MR) is 123 cm³/mol. The number of unbranched alkanes of at least 4 members (excludes halogenated alkanes) is 13. The highest BCUT2D eigenvalue weighted by atomic mass is 32.2. The molecule has 0 aliphatic rings. The van der Waals surface area contributed by atoms with Crippen LogP contribution < -0.4 is 0 Å². The van der Waals surface area contributed by atoms with Crippen LogP contribution in [0, 0.1) is 0 Å². The lowest BCUT2D eigenvalue weighted by molar-refractivity contribution is -0.888. The largest absolute Gasteiger partial charge is 0.748 e. The molecule has 172 valence electrons. The number of quaternary nitrogens is 1. The third kappa shape index (κ3) is 28.1. The summed E-state index contributed by atoms with van der Waals surface area (Å²) in [5.74, 6) is -0.243. The van der Waals surface area contributed by atoms with E-state index in [0.717, 1.165) is 0 Å². The molecule has 0 atom stereocenters. The fourth-order valence-corrected chi connectivity index (χ4v) is 3.64. The molecule has 0 spiro atoms. The summed E-state index contributed by atoms with van der Waals surface area (Å²) in [5, 5.41) is 0. The molecule has 0 rings (SSSR count). The minimum absolute atomic E-state index is 0.243. The lowest BCUT2D eigenvalue weighted by Crippen LogP contribution is -2.39.